The van der Waals surface area contributed by atoms with Gasteiger partial charge in [0.2, 0.25) is 24.6 Å². The molecule has 0 spiro atoms. The molecule has 0 atom stereocenters. The number of esters is 1. The molecule has 0 aliphatic carbocycles. The zero-order valence-electron chi connectivity index (χ0n) is 33.5. The molecule has 1 fully saturated rings. The Morgan fingerprint density at radius 2 is 1.42 bits per heavy atom. The number of anilines is 2. The summed E-state index contributed by atoms with van der Waals surface area (Å²) < 4.78 is 26.8. The molecular weight excluding hydrogens is 716 g/mol. The van der Waals surface area contributed by atoms with Gasteiger partial charge in [0.15, 0.2) is 0 Å². The Hall–Kier alpha value is -5.77. The van der Waals surface area contributed by atoms with Gasteiger partial charge in [0.25, 0.3) is 0 Å². The third-order valence-corrected chi connectivity index (χ3v) is 9.65. The summed E-state index contributed by atoms with van der Waals surface area (Å²) >= 11 is 0. The summed E-state index contributed by atoms with van der Waals surface area (Å²) in [6.07, 6.45) is 36.0. The number of halogens is 1. The predicted octanol–water partition coefficient (Wildman–Crippen LogP) is 10.5. The van der Waals surface area contributed by atoms with Gasteiger partial charge in [-0.05, 0) is 87.6 Å². The van der Waals surface area contributed by atoms with Crippen LogP contribution in [0.2, 0.25) is 0 Å². The van der Waals surface area contributed by atoms with E-state index in [1.807, 2.05) is 43.5 Å². The van der Waals surface area contributed by atoms with Crippen LogP contribution in [0.15, 0.2) is 134 Å². The number of carbonyl (C=O) groups excluding carboxylic acids is 1. The molecular formula is C47H57FN6O3. The van der Waals surface area contributed by atoms with E-state index in [4.69, 9.17) is 14.5 Å². The van der Waals surface area contributed by atoms with Gasteiger partial charge in [0, 0.05) is 44.9 Å². The molecule has 2 aromatic carbocycles. The van der Waals surface area contributed by atoms with E-state index < -0.39 is 0 Å². The fraction of sp³-hybridized carbons (Fsp3) is 0.362. The van der Waals surface area contributed by atoms with Gasteiger partial charge in [-0.25, -0.2) is 14.4 Å². The Kier molecular flexibility index (Phi) is 17.8. The highest BCUT2D eigenvalue weighted by molar-refractivity contribution is 5.79. The molecule has 1 saturated heterocycles. The summed E-state index contributed by atoms with van der Waals surface area (Å²) in [4.78, 5) is 30.8. The van der Waals surface area contributed by atoms with E-state index in [1.54, 1.807) is 12.3 Å². The predicted molar refractivity (Wildman–Crippen MR) is 230 cm³/mol. The average molecular weight is 773 g/mol. The molecule has 0 amide bonds. The van der Waals surface area contributed by atoms with E-state index in [1.165, 1.54) is 12.1 Å². The Labute approximate surface area is 337 Å². The number of piperidine rings is 1. The van der Waals surface area contributed by atoms with Gasteiger partial charge in [0.05, 0.1) is 17.6 Å². The second kappa shape index (κ2) is 24.0. The van der Waals surface area contributed by atoms with E-state index in [9.17, 15) is 9.18 Å². The zero-order chi connectivity index (χ0) is 39.9. The van der Waals surface area contributed by atoms with E-state index >= 15 is 0 Å². The number of imidazole rings is 1. The number of para-hydroxylation sites is 2. The third-order valence-electron chi connectivity index (χ3n) is 9.65. The molecule has 0 saturated carbocycles. The molecule has 300 valence electrons. The van der Waals surface area contributed by atoms with Crippen molar-refractivity contribution in [1.29, 1.82) is 0 Å². The first-order chi connectivity index (χ1) is 28.0. The molecule has 0 unspecified atom stereocenters. The number of carbonyl (C=O) groups is 1. The van der Waals surface area contributed by atoms with Crippen molar-refractivity contribution in [2.24, 2.45) is 0 Å². The minimum absolute atomic E-state index is 0.208. The van der Waals surface area contributed by atoms with Crippen molar-refractivity contribution in [2.45, 2.75) is 83.7 Å². The maximum Gasteiger partial charge on any atom is 0.308 e. The quantitative estimate of drug-likeness (QED) is 0.0443. The highest BCUT2D eigenvalue weighted by Crippen LogP contribution is 2.28. The van der Waals surface area contributed by atoms with Gasteiger partial charge < -0.3 is 23.8 Å². The second-order valence-electron chi connectivity index (χ2n) is 13.9. The van der Waals surface area contributed by atoms with E-state index in [0.717, 1.165) is 87.0 Å². The van der Waals surface area contributed by atoms with Crippen LogP contribution in [0.25, 0.3) is 11.0 Å². The molecule has 9 nitrogen and oxygen atoms in total. The van der Waals surface area contributed by atoms with Crippen molar-refractivity contribution in [3.63, 3.8) is 0 Å². The molecule has 5 rings (SSSR count). The number of benzene rings is 2. The molecule has 4 aromatic rings. The second-order valence-corrected chi connectivity index (χ2v) is 13.9. The summed E-state index contributed by atoms with van der Waals surface area (Å²) in [5.74, 6) is 1.26. The van der Waals surface area contributed by atoms with Crippen LogP contribution in [0.3, 0.4) is 0 Å². The standard InChI is InChI=1S/C47H57FN6O3/c1-3-4-5-6-7-8-9-10-11-12-13-14-15-16-17-18-19-20-21-26-45(55)57-38-56-44-31-34-49-46(51-44)52(2)41-32-35-53(36-33-41)47-50-42-24-22-23-25-43(42)54(47)37-39-27-29-40(48)30-28-39/h4-5,7-8,10-11,13-14,16-17,19-20,22-25,27-31,34,41H,3,6,9,12,15,18,21,26,32-33,35-38H2,1-2H3/b5-4-,8-7-,11-10-,14-13-,17-16-,20-19-. The number of fused-ring (bicyclic) bond motifs is 1. The summed E-state index contributed by atoms with van der Waals surface area (Å²) in [5.41, 5.74) is 3.01. The number of hydrogen-bond donors (Lipinski definition) is 0. The van der Waals surface area contributed by atoms with Gasteiger partial charge in [-0.15, -0.1) is 0 Å². The van der Waals surface area contributed by atoms with Crippen molar-refractivity contribution < 1.29 is 18.7 Å². The SMILES string of the molecule is CC/C=C\C/C=C\C/C=C\C/C=C\C/C=C\C/C=C\CCC(=O)OCOc1ccnc(N(C)C2CCN(c3nc4ccccc4n3Cc3ccc(F)cc3)CC2)n1. The van der Waals surface area contributed by atoms with E-state index in [-0.39, 0.29) is 31.0 Å². The highest BCUT2D eigenvalue weighted by atomic mass is 19.1. The Morgan fingerprint density at radius 3 is 2.07 bits per heavy atom. The van der Waals surface area contributed by atoms with Crippen molar-refractivity contribution in [3.05, 3.63) is 145 Å². The number of hydrogen-bond acceptors (Lipinski definition) is 8. The van der Waals surface area contributed by atoms with Crippen LogP contribution < -0.4 is 14.5 Å². The average Bonchev–Trinajstić information content (AvgIpc) is 3.60. The smallest absolute Gasteiger partial charge is 0.308 e. The number of allylic oxidation sites excluding steroid dienone is 12. The molecule has 0 bridgehead atoms. The zero-order valence-corrected chi connectivity index (χ0v) is 33.5. The first kappa shape index (κ1) is 42.4. The Balaban J connectivity index is 0.963. The number of ether oxygens (including phenoxy) is 2. The van der Waals surface area contributed by atoms with Crippen LogP contribution in [0.5, 0.6) is 5.88 Å². The molecule has 0 N–H and O–H groups in total. The molecule has 3 heterocycles. The summed E-state index contributed by atoms with van der Waals surface area (Å²) in [6.45, 7) is 4.17. The molecule has 10 heteroatoms. The van der Waals surface area contributed by atoms with Crippen molar-refractivity contribution >= 4 is 28.9 Å². The lowest BCUT2D eigenvalue weighted by molar-refractivity contribution is -0.150. The van der Waals surface area contributed by atoms with E-state index in [0.29, 0.717) is 24.8 Å². The fourth-order valence-electron chi connectivity index (χ4n) is 6.50. The topological polar surface area (TPSA) is 85.6 Å². The number of rotatable bonds is 22. The van der Waals surface area contributed by atoms with Gasteiger partial charge in [-0.1, -0.05) is 104 Å². The fourth-order valence-corrected chi connectivity index (χ4v) is 6.50. The maximum atomic E-state index is 13.6. The summed E-state index contributed by atoms with van der Waals surface area (Å²) in [6, 6.07) is 16.7. The minimum Gasteiger partial charge on any atom is -0.440 e. The van der Waals surface area contributed by atoms with E-state index in [2.05, 4.69) is 104 Å². The Morgan fingerprint density at radius 1 is 0.807 bits per heavy atom. The normalized spacial score (nSPS) is 14.2. The van der Waals surface area contributed by atoms with Crippen molar-refractivity contribution in [2.75, 3.05) is 36.7 Å². The lowest BCUT2D eigenvalue weighted by atomic mass is 10.0. The third kappa shape index (κ3) is 14.4. The number of nitrogens with zero attached hydrogens (tertiary/aromatic N) is 6. The highest BCUT2D eigenvalue weighted by Gasteiger charge is 2.27. The first-order valence-corrected chi connectivity index (χ1v) is 20.2. The first-order valence-electron chi connectivity index (χ1n) is 20.2. The van der Waals surface area contributed by atoms with Gasteiger partial charge >= 0.3 is 5.97 Å². The minimum atomic E-state index is -0.320. The van der Waals surface area contributed by atoms with Crippen LogP contribution in [-0.4, -0.2) is 58.5 Å². The largest absolute Gasteiger partial charge is 0.440 e. The van der Waals surface area contributed by atoms with Crippen molar-refractivity contribution in [1.82, 2.24) is 19.5 Å². The number of aromatic nitrogens is 4. The molecule has 2 aromatic heterocycles. The van der Waals surface area contributed by atoms with Gasteiger partial charge in [0.1, 0.15) is 5.82 Å². The van der Waals surface area contributed by atoms with Crippen LogP contribution >= 0.6 is 0 Å². The summed E-state index contributed by atoms with van der Waals surface area (Å²) in [5, 5.41) is 0. The van der Waals surface area contributed by atoms with Crippen LogP contribution in [0.1, 0.15) is 76.7 Å². The molecule has 0 radical (unpaired) electrons. The molecule has 1 aliphatic rings. The maximum absolute atomic E-state index is 13.6. The van der Waals surface area contributed by atoms with Crippen LogP contribution in [0.4, 0.5) is 16.3 Å². The van der Waals surface area contributed by atoms with Crippen LogP contribution in [-0.2, 0) is 16.1 Å². The molecule has 57 heavy (non-hydrogen) atoms. The monoisotopic (exact) mass is 772 g/mol. The summed E-state index contributed by atoms with van der Waals surface area (Å²) in [7, 11) is 2.00. The van der Waals surface area contributed by atoms with Gasteiger partial charge in [-0.2, -0.15) is 4.98 Å². The van der Waals surface area contributed by atoms with Gasteiger partial charge in [-0.3, -0.25) is 4.79 Å². The Bertz CT molecular complexity index is 1990. The lowest BCUT2D eigenvalue weighted by Gasteiger charge is -2.37. The van der Waals surface area contributed by atoms with Crippen molar-refractivity contribution in [3.8, 4) is 5.88 Å². The molecule has 1 aliphatic heterocycles. The lowest BCUT2D eigenvalue weighted by Crippen LogP contribution is -2.44. The van der Waals surface area contributed by atoms with Crippen LogP contribution in [0, 0.1) is 5.82 Å².